The minimum atomic E-state index is 0.841. The molecule has 4 nitrogen and oxygen atoms in total. The molecule has 1 N–H and O–H groups in total. The number of hydrogen-bond acceptors (Lipinski definition) is 2. The highest BCUT2D eigenvalue weighted by atomic mass is 15.3. The number of benzene rings is 2. The van der Waals surface area contributed by atoms with Gasteiger partial charge in [0.2, 0.25) is 0 Å². The molecule has 0 radical (unpaired) electrons. The zero-order valence-corrected chi connectivity index (χ0v) is 10.7. The van der Waals surface area contributed by atoms with Gasteiger partial charge in [-0.1, -0.05) is 30.3 Å². The maximum Gasteiger partial charge on any atom is 0.141 e. The molecule has 2 aromatic carbocycles. The van der Waals surface area contributed by atoms with Crippen LogP contribution in [0.4, 0.5) is 0 Å². The van der Waals surface area contributed by atoms with E-state index in [1.807, 2.05) is 71.7 Å². The molecule has 0 fully saturated rings. The predicted octanol–water partition coefficient (Wildman–Crippen LogP) is 3.42. The Labute approximate surface area is 115 Å². The van der Waals surface area contributed by atoms with E-state index in [1.54, 1.807) is 0 Å². The standard InChI is InChI=1S/C16H12N4/c1-2-6-13(7-3-1)20-11-12(10-17-20)16-18-14-8-4-5-9-15(14)19-16/h1-11H,(H,18,19). The fourth-order valence-electron chi connectivity index (χ4n) is 2.26. The van der Waals surface area contributed by atoms with E-state index in [-0.39, 0.29) is 0 Å². The van der Waals surface area contributed by atoms with Gasteiger partial charge in [-0.05, 0) is 24.3 Å². The van der Waals surface area contributed by atoms with Crippen LogP contribution >= 0.6 is 0 Å². The van der Waals surface area contributed by atoms with Gasteiger partial charge >= 0.3 is 0 Å². The Morgan fingerprint density at radius 3 is 2.55 bits per heavy atom. The minimum Gasteiger partial charge on any atom is -0.338 e. The number of rotatable bonds is 2. The van der Waals surface area contributed by atoms with Gasteiger partial charge in [0.15, 0.2) is 0 Å². The largest absolute Gasteiger partial charge is 0.338 e. The van der Waals surface area contributed by atoms with Crippen molar-refractivity contribution in [3.63, 3.8) is 0 Å². The average molecular weight is 260 g/mol. The van der Waals surface area contributed by atoms with Crippen LogP contribution in [-0.4, -0.2) is 19.7 Å². The third-order valence-corrected chi connectivity index (χ3v) is 3.27. The second kappa shape index (κ2) is 4.35. The van der Waals surface area contributed by atoms with Crippen molar-refractivity contribution in [3.8, 4) is 17.1 Å². The molecular formula is C16H12N4. The summed E-state index contributed by atoms with van der Waals surface area (Å²) in [6.45, 7) is 0. The fraction of sp³-hybridized carbons (Fsp3) is 0. The number of para-hydroxylation sites is 3. The van der Waals surface area contributed by atoms with Gasteiger partial charge < -0.3 is 4.98 Å². The zero-order valence-electron chi connectivity index (χ0n) is 10.7. The Balaban J connectivity index is 1.78. The number of H-pyrrole nitrogens is 1. The molecular weight excluding hydrogens is 248 g/mol. The van der Waals surface area contributed by atoms with Gasteiger partial charge in [0.25, 0.3) is 0 Å². The molecule has 96 valence electrons. The number of nitrogens with one attached hydrogen (secondary N) is 1. The first kappa shape index (κ1) is 11.0. The summed E-state index contributed by atoms with van der Waals surface area (Å²) in [6.07, 6.45) is 3.80. The Kier molecular flexibility index (Phi) is 2.39. The van der Waals surface area contributed by atoms with Gasteiger partial charge in [0.05, 0.1) is 28.5 Å². The highest BCUT2D eigenvalue weighted by molar-refractivity contribution is 5.78. The summed E-state index contributed by atoms with van der Waals surface area (Å²) in [7, 11) is 0. The normalized spacial score (nSPS) is 11.0. The van der Waals surface area contributed by atoms with E-state index in [9.17, 15) is 0 Å². The number of aromatic amines is 1. The lowest BCUT2D eigenvalue weighted by atomic mass is 10.3. The topological polar surface area (TPSA) is 46.5 Å². The van der Waals surface area contributed by atoms with Crippen LogP contribution < -0.4 is 0 Å². The Morgan fingerprint density at radius 1 is 0.900 bits per heavy atom. The Morgan fingerprint density at radius 2 is 1.70 bits per heavy atom. The highest BCUT2D eigenvalue weighted by Gasteiger charge is 2.07. The summed E-state index contributed by atoms with van der Waals surface area (Å²) in [6, 6.07) is 18.0. The first-order valence-corrected chi connectivity index (χ1v) is 6.45. The van der Waals surface area contributed by atoms with Crippen LogP contribution in [0.25, 0.3) is 28.1 Å². The van der Waals surface area contributed by atoms with Crippen molar-refractivity contribution in [2.75, 3.05) is 0 Å². The van der Waals surface area contributed by atoms with Gasteiger partial charge in [-0.15, -0.1) is 0 Å². The minimum absolute atomic E-state index is 0.841. The SMILES string of the molecule is c1ccc(-n2cc(-c3nc4ccccc4[nH]3)cn2)cc1. The van der Waals surface area contributed by atoms with Crippen molar-refractivity contribution in [3.05, 3.63) is 67.0 Å². The van der Waals surface area contributed by atoms with Crippen LogP contribution in [0.1, 0.15) is 0 Å². The summed E-state index contributed by atoms with van der Waals surface area (Å²) in [5.41, 5.74) is 4.02. The van der Waals surface area contributed by atoms with Crippen molar-refractivity contribution < 1.29 is 0 Å². The fourth-order valence-corrected chi connectivity index (χ4v) is 2.26. The van der Waals surface area contributed by atoms with Gasteiger partial charge in [-0.2, -0.15) is 5.10 Å². The van der Waals surface area contributed by atoms with Crippen molar-refractivity contribution in [2.24, 2.45) is 0 Å². The third-order valence-electron chi connectivity index (χ3n) is 3.27. The quantitative estimate of drug-likeness (QED) is 0.600. The lowest BCUT2D eigenvalue weighted by Gasteiger charge is -1.98. The molecule has 0 aliphatic heterocycles. The number of fused-ring (bicyclic) bond motifs is 1. The molecule has 0 amide bonds. The molecule has 0 aliphatic rings. The maximum atomic E-state index is 4.58. The molecule has 20 heavy (non-hydrogen) atoms. The lowest BCUT2D eigenvalue weighted by molar-refractivity contribution is 0.880. The molecule has 0 saturated carbocycles. The van der Waals surface area contributed by atoms with Crippen molar-refractivity contribution in [1.29, 1.82) is 0 Å². The Bertz CT molecular complexity index is 825. The number of imidazole rings is 1. The van der Waals surface area contributed by atoms with E-state index in [2.05, 4.69) is 15.1 Å². The first-order valence-electron chi connectivity index (χ1n) is 6.45. The van der Waals surface area contributed by atoms with Crippen LogP contribution in [0.15, 0.2) is 67.0 Å². The first-order chi connectivity index (χ1) is 9.90. The average Bonchev–Trinajstić information content (AvgIpc) is 3.14. The van der Waals surface area contributed by atoms with E-state index in [4.69, 9.17) is 0 Å². The van der Waals surface area contributed by atoms with Crippen LogP contribution in [0, 0.1) is 0 Å². The van der Waals surface area contributed by atoms with Gasteiger partial charge in [0.1, 0.15) is 5.82 Å². The van der Waals surface area contributed by atoms with Crippen LogP contribution in [0.3, 0.4) is 0 Å². The lowest BCUT2D eigenvalue weighted by Crippen LogP contribution is -1.92. The van der Waals surface area contributed by atoms with Gasteiger partial charge in [-0.3, -0.25) is 0 Å². The molecule has 0 aliphatic carbocycles. The molecule has 0 atom stereocenters. The predicted molar refractivity (Wildman–Crippen MR) is 78.7 cm³/mol. The third kappa shape index (κ3) is 1.78. The number of aromatic nitrogens is 4. The second-order valence-corrected chi connectivity index (χ2v) is 4.61. The summed E-state index contributed by atoms with van der Waals surface area (Å²) < 4.78 is 1.85. The Hall–Kier alpha value is -2.88. The molecule has 4 rings (SSSR count). The molecule has 4 aromatic rings. The van der Waals surface area contributed by atoms with Gasteiger partial charge in [-0.25, -0.2) is 9.67 Å². The summed E-state index contributed by atoms with van der Waals surface area (Å²) >= 11 is 0. The second-order valence-electron chi connectivity index (χ2n) is 4.61. The van der Waals surface area contributed by atoms with Crippen molar-refractivity contribution in [1.82, 2.24) is 19.7 Å². The van der Waals surface area contributed by atoms with E-state index in [1.165, 1.54) is 0 Å². The molecule has 0 saturated heterocycles. The van der Waals surface area contributed by atoms with Crippen molar-refractivity contribution >= 4 is 11.0 Å². The van der Waals surface area contributed by atoms with Gasteiger partial charge in [0, 0.05) is 6.20 Å². The van der Waals surface area contributed by atoms with Crippen molar-refractivity contribution in [2.45, 2.75) is 0 Å². The van der Waals surface area contributed by atoms with Crippen LogP contribution in [0.5, 0.6) is 0 Å². The van der Waals surface area contributed by atoms with Crippen LogP contribution in [-0.2, 0) is 0 Å². The summed E-state index contributed by atoms with van der Waals surface area (Å²) in [5.74, 6) is 0.841. The van der Waals surface area contributed by atoms with Crippen LogP contribution in [0.2, 0.25) is 0 Å². The number of nitrogens with zero attached hydrogens (tertiary/aromatic N) is 3. The molecule has 2 aromatic heterocycles. The van der Waals surface area contributed by atoms with E-state index >= 15 is 0 Å². The summed E-state index contributed by atoms with van der Waals surface area (Å²) in [4.78, 5) is 7.89. The molecule has 0 spiro atoms. The monoisotopic (exact) mass is 260 g/mol. The zero-order chi connectivity index (χ0) is 13.4. The van der Waals surface area contributed by atoms with E-state index in [0.29, 0.717) is 0 Å². The smallest absolute Gasteiger partial charge is 0.141 e. The molecule has 0 unspecified atom stereocenters. The molecule has 4 heteroatoms. The highest BCUT2D eigenvalue weighted by Crippen LogP contribution is 2.20. The molecule has 0 bridgehead atoms. The van der Waals surface area contributed by atoms with E-state index < -0.39 is 0 Å². The maximum absolute atomic E-state index is 4.58. The summed E-state index contributed by atoms with van der Waals surface area (Å²) in [5, 5.41) is 4.39. The molecule has 2 heterocycles. The number of hydrogen-bond donors (Lipinski definition) is 1. The van der Waals surface area contributed by atoms with E-state index in [0.717, 1.165) is 28.1 Å².